The molecule has 3 aromatic rings. The Morgan fingerprint density at radius 2 is 1.88 bits per heavy atom. The number of halogens is 4. The van der Waals surface area contributed by atoms with Crippen LogP contribution in [0.3, 0.4) is 0 Å². The number of fused-ring (bicyclic) bond motifs is 1. The summed E-state index contributed by atoms with van der Waals surface area (Å²) in [5.41, 5.74) is 6.94. The topological polar surface area (TPSA) is 68.0 Å². The molecule has 1 aromatic heterocycles. The van der Waals surface area contributed by atoms with E-state index in [1.165, 1.54) is 6.07 Å². The molecule has 0 saturated heterocycles. The maximum atomic E-state index is 14.1. The molecule has 2 aromatic carbocycles. The molecular formula is C25H25ClF3N3O. The van der Waals surface area contributed by atoms with Gasteiger partial charge >= 0.3 is 5.92 Å². The minimum Gasteiger partial charge on any atom is -0.383 e. The van der Waals surface area contributed by atoms with Gasteiger partial charge in [0, 0.05) is 23.7 Å². The minimum atomic E-state index is -3.70. The zero-order valence-electron chi connectivity index (χ0n) is 18.0. The molecule has 1 saturated carbocycles. The van der Waals surface area contributed by atoms with E-state index >= 15 is 0 Å². The Morgan fingerprint density at radius 1 is 1.15 bits per heavy atom. The highest BCUT2D eigenvalue weighted by Crippen LogP contribution is 2.42. The fourth-order valence-corrected chi connectivity index (χ4v) is 4.95. The van der Waals surface area contributed by atoms with Crippen molar-refractivity contribution in [1.82, 2.24) is 4.98 Å². The summed E-state index contributed by atoms with van der Waals surface area (Å²) in [6.07, 6.45) is 4.94. The Balaban J connectivity index is 1.47. The van der Waals surface area contributed by atoms with Crippen molar-refractivity contribution in [3.8, 4) is 0 Å². The number of hydrogen-bond donors (Lipinski definition) is 2. The van der Waals surface area contributed by atoms with Crippen molar-refractivity contribution >= 4 is 34.1 Å². The largest absolute Gasteiger partial charge is 0.383 e. The number of anilines is 1. The summed E-state index contributed by atoms with van der Waals surface area (Å²) in [5, 5.41) is 4.65. The SMILES string of the molecule is NC(=O)c1cc(C(F)(F)CF)cc(C2CCC(CNc3cccc4cccnc34)CC2)c1Cl. The number of nitrogens with two attached hydrogens (primary N) is 1. The van der Waals surface area contributed by atoms with Crippen LogP contribution in [-0.4, -0.2) is 24.1 Å². The van der Waals surface area contributed by atoms with Crippen LogP contribution in [0.4, 0.5) is 18.9 Å². The summed E-state index contributed by atoms with van der Waals surface area (Å²) in [4.78, 5) is 16.2. The van der Waals surface area contributed by atoms with Gasteiger partial charge in [0.15, 0.2) is 6.67 Å². The third-order valence-electron chi connectivity index (χ3n) is 6.46. The summed E-state index contributed by atoms with van der Waals surface area (Å²) >= 11 is 6.38. The molecule has 1 heterocycles. The third-order valence-corrected chi connectivity index (χ3v) is 6.88. The van der Waals surface area contributed by atoms with E-state index in [9.17, 15) is 18.0 Å². The fourth-order valence-electron chi connectivity index (χ4n) is 4.59. The Labute approximate surface area is 195 Å². The van der Waals surface area contributed by atoms with Gasteiger partial charge in [-0.25, -0.2) is 4.39 Å². The van der Waals surface area contributed by atoms with Crippen molar-refractivity contribution in [3.05, 3.63) is 70.4 Å². The molecule has 8 heteroatoms. The zero-order chi connectivity index (χ0) is 23.6. The summed E-state index contributed by atoms with van der Waals surface area (Å²) in [6, 6.07) is 12.1. The number of amides is 1. The van der Waals surface area contributed by atoms with Crippen LogP contribution >= 0.6 is 11.6 Å². The molecule has 4 rings (SSSR count). The van der Waals surface area contributed by atoms with Gasteiger partial charge in [0.05, 0.1) is 21.8 Å². The van der Waals surface area contributed by atoms with E-state index < -0.39 is 24.1 Å². The summed E-state index contributed by atoms with van der Waals surface area (Å²) < 4.78 is 41.0. The van der Waals surface area contributed by atoms with Gasteiger partial charge in [-0.2, -0.15) is 8.78 Å². The summed E-state index contributed by atoms with van der Waals surface area (Å²) in [6.45, 7) is -1.09. The van der Waals surface area contributed by atoms with Crippen LogP contribution in [0, 0.1) is 5.92 Å². The molecule has 0 atom stereocenters. The quantitative estimate of drug-likeness (QED) is 0.413. The number of rotatable bonds is 7. The van der Waals surface area contributed by atoms with Crippen molar-refractivity contribution in [2.45, 2.75) is 37.5 Å². The molecule has 1 aliphatic carbocycles. The number of alkyl halides is 3. The number of carbonyl (C=O) groups excluding carboxylic acids is 1. The molecule has 1 fully saturated rings. The molecule has 0 spiro atoms. The van der Waals surface area contributed by atoms with Crippen LogP contribution < -0.4 is 11.1 Å². The molecule has 0 unspecified atom stereocenters. The lowest BCUT2D eigenvalue weighted by Crippen LogP contribution is -2.23. The first-order valence-corrected chi connectivity index (χ1v) is 11.3. The van der Waals surface area contributed by atoms with Crippen molar-refractivity contribution < 1.29 is 18.0 Å². The second-order valence-electron chi connectivity index (χ2n) is 8.61. The standard InChI is InChI=1S/C25H25ClF3N3O/c26-22-19(11-18(25(28,29)14-27)12-20(22)24(30)33)16-8-6-15(7-9-16)13-32-21-5-1-3-17-4-2-10-31-23(17)21/h1-5,10-12,15-16,32H,6-9,13-14H2,(H2,30,33). The molecule has 4 nitrogen and oxygen atoms in total. The number of primary amides is 1. The molecular weight excluding hydrogens is 451 g/mol. The first-order chi connectivity index (χ1) is 15.8. The third kappa shape index (κ3) is 4.93. The maximum absolute atomic E-state index is 14.1. The predicted molar refractivity (Wildman–Crippen MR) is 125 cm³/mol. The van der Waals surface area contributed by atoms with E-state index in [-0.39, 0.29) is 16.5 Å². The Hall–Kier alpha value is -2.80. The van der Waals surface area contributed by atoms with Crippen LogP contribution in [0.5, 0.6) is 0 Å². The Morgan fingerprint density at radius 3 is 2.58 bits per heavy atom. The number of nitrogens with zero attached hydrogens (tertiary/aromatic N) is 1. The monoisotopic (exact) mass is 475 g/mol. The van der Waals surface area contributed by atoms with Gasteiger partial charge in [-0.1, -0.05) is 29.8 Å². The van der Waals surface area contributed by atoms with E-state index in [2.05, 4.69) is 10.3 Å². The van der Waals surface area contributed by atoms with Gasteiger partial charge in [-0.05, 0) is 67.3 Å². The number of hydrogen-bond acceptors (Lipinski definition) is 3. The molecule has 0 radical (unpaired) electrons. The normalized spacial score (nSPS) is 18.9. The van der Waals surface area contributed by atoms with Gasteiger partial charge in [-0.15, -0.1) is 0 Å². The number of benzene rings is 2. The number of pyridine rings is 1. The first kappa shape index (κ1) is 23.4. The second-order valence-corrected chi connectivity index (χ2v) is 8.99. The predicted octanol–water partition coefficient (Wildman–Crippen LogP) is 6.43. The number of para-hydroxylation sites is 1. The molecule has 33 heavy (non-hydrogen) atoms. The van der Waals surface area contributed by atoms with E-state index in [1.807, 2.05) is 30.3 Å². The van der Waals surface area contributed by atoms with Crippen LogP contribution in [0.15, 0.2) is 48.7 Å². The smallest absolute Gasteiger partial charge is 0.301 e. The average Bonchev–Trinajstić information content (AvgIpc) is 2.83. The van der Waals surface area contributed by atoms with E-state index in [1.54, 1.807) is 6.20 Å². The average molecular weight is 476 g/mol. The molecule has 0 bridgehead atoms. The highest BCUT2D eigenvalue weighted by molar-refractivity contribution is 6.34. The van der Waals surface area contributed by atoms with Crippen LogP contribution in [0.25, 0.3) is 10.9 Å². The lowest BCUT2D eigenvalue weighted by molar-refractivity contribution is -0.0282. The van der Waals surface area contributed by atoms with E-state index in [0.29, 0.717) is 11.5 Å². The molecule has 174 valence electrons. The minimum absolute atomic E-state index is 0.0873. The van der Waals surface area contributed by atoms with Crippen LogP contribution in [0.1, 0.15) is 53.1 Å². The van der Waals surface area contributed by atoms with E-state index in [0.717, 1.165) is 54.9 Å². The Kier molecular flexibility index (Phi) is 6.79. The van der Waals surface area contributed by atoms with Gasteiger partial charge in [0.25, 0.3) is 0 Å². The van der Waals surface area contributed by atoms with Gasteiger partial charge in [0.1, 0.15) is 0 Å². The van der Waals surface area contributed by atoms with Crippen LogP contribution in [0.2, 0.25) is 5.02 Å². The highest BCUT2D eigenvalue weighted by Gasteiger charge is 2.35. The number of carbonyl (C=O) groups is 1. The molecule has 0 aliphatic heterocycles. The summed E-state index contributed by atoms with van der Waals surface area (Å²) in [5.74, 6) is -4.30. The van der Waals surface area contributed by atoms with Gasteiger partial charge < -0.3 is 11.1 Å². The van der Waals surface area contributed by atoms with Crippen molar-refractivity contribution in [2.75, 3.05) is 18.5 Å². The Bertz CT molecular complexity index is 1160. The van der Waals surface area contributed by atoms with Gasteiger partial charge in [0.2, 0.25) is 5.91 Å². The fraction of sp³-hybridized carbons (Fsp3) is 0.360. The number of nitrogens with one attached hydrogen (secondary N) is 1. The second kappa shape index (κ2) is 9.59. The number of aromatic nitrogens is 1. The van der Waals surface area contributed by atoms with Gasteiger partial charge in [-0.3, -0.25) is 9.78 Å². The van der Waals surface area contributed by atoms with Crippen molar-refractivity contribution in [3.63, 3.8) is 0 Å². The summed E-state index contributed by atoms with van der Waals surface area (Å²) in [7, 11) is 0. The lowest BCUT2D eigenvalue weighted by Gasteiger charge is -2.30. The maximum Gasteiger partial charge on any atom is 0.301 e. The lowest BCUT2D eigenvalue weighted by atomic mass is 9.77. The first-order valence-electron chi connectivity index (χ1n) is 10.9. The molecule has 1 aliphatic rings. The van der Waals surface area contributed by atoms with Crippen molar-refractivity contribution in [1.29, 1.82) is 0 Å². The highest BCUT2D eigenvalue weighted by atomic mass is 35.5. The van der Waals surface area contributed by atoms with Crippen molar-refractivity contribution in [2.24, 2.45) is 11.7 Å². The van der Waals surface area contributed by atoms with Crippen LogP contribution in [-0.2, 0) is 5.92 Å². The molecule has 1 amide bonds. The zero-order valence-corrected chi connectivity index (χ0v) is 18.7. The molecule has 3 N–H and O–H groups in total. The van der Waals surface area contributed by atoms with E-state index in [4.69, 9.17) is 17.3 Å².